The maximum absolute atomic E-state index is 13.3. The van der Waals surface area contributed by atoms with E-state index in [1.165, 1.54) is 24.8 Å². The number of methoxy groups -OCH3 is 1. The van der Waals surface area contributed by atoms with Crippen molar-refractivity contribution in [3.8, 4) is 34.5 Å². The molecule has 0 bridgehead atoms. The van der Waals surface area contributed by atoms with Crippen molar-refractivity contribution in [2.45, 2.75) is 46.0 Å². The van der Waals surface area contributed by atoms with Crippen molar-refractivity contribution < 1.29 is 34.7 Å². The first-order chi connectivity index (χ1) is 15.6. The van der Waals surface area contributed by atoms with Crippen molar-refractivity contribution in [1.82, 2.24) is 0 Å². The zero-order valence-electron chi connectivity index (χ0n) is 19.3. The number of ether oxygens (including phenoxy) is 2. The van der Waals surface area contributed by atoms with Crippen molar-refractivity contribution in [3.05, 3.63) is 58.2 Å². The van der Waals surface area contributed by atoms with Crippen LogP contribution in [0.4, 0.5) is 0 Å². The van der Waals surface area contributed by atoms with Crippen LogP contribution in [0.3, 0.4) is 0 Å². The van der Waals surface area contributed by atoms with Gasteiger partial charge in [-0.05, 0) is 46.1 Å². The van der Waals surface area contributed by atoms with Gasteiger partial charge in [0.25, 0.3) is 0 Å². The first-order valence-electron chi connectivity index (χ1n) is 10.8. The minimum Gasteiger partial charge on any atom is -0.507 e. The molecule has 2 aromatic carbocycles. The molecule has 4 N–H and O–H groups in total. The molecule has 0 saturated heterocycles. The second-order valence-electron chi connectivity index (χ2n) is 8.45. The van der Waals surface area contributed by atoms with Gasteiger partial charge >= 0.3 is 0 Å². The van der Waals surface area contributed by atoms with Crippen LogP contribution in [0.1, 0.15) is 61.0 Å². The monoisotopic (exact) mass is 454 g/mol. The van der Waals surface area contributed by atoms with E-state index >= 15 is 0 Å². The fourth-order valence-electron chi connectivity index (χ4n) is 3.90. The number of rotatable bonds is 7. The number of phenolic OH excluding ortho intramolecular Hbond substituents is 4. The first kappa shape index (κ1) is 24.0. The fourth-order valence-corrected chi connectivity index (χ4v) is 3.90. The van der Waals surface area contributed by atoms with Gasteiger partial charge in [0.05, 0.1) is 13.0 Å². The van der Waals surface area contributed by atoms with E-state index < -0.39 is 28.9 Å². The fraction of sp³-hybridized carbons (Fsp3) is 0.346. The quantitative estimate of drug-likeness (QED) is 0.339. The number of carbonyl (C=O) groups excluding carboxylic acids is 1. The summed E-state index contributed by atoms with van der Waals surface area (Å²) in [6, 6.07) is 4.05. The average molecular weight is 455 g/mol. The Kier molecular flexibility index (Phi) is 7.21. The predicted molar refractivity (Wildman–Crippen MR) is 125 cm³/mol. The Bertz CT molecular complexity index is 1120. The van der Waals surface area contributed by atoms with E-state index in [1.807, 2.05) is 13.0 Å². The number of aromatic hydroxyl groups is 4. The van der Waals surface area contributed by atoms with Crippen LogP contribution in [-0.4, -0.2) is 39.9 Å². The van der Waals surface area contributed by atoms with E-state index in [-0.39, 0.29) is 35.0 Å². The Labute approximate surface area is 193 Å². The molecule has 0 fully saturated rings. The molecule has 7 heteroatoms. The molecule has 0 aromatic heterocycles. The van der Waals surface area contributed by atoms with Crippen LogP contribution in [0, 0.1) is 0 Å². The highest BCUT2D eigenvalue weighted by atomic mass is 16.5. The normalized spacial score (nSPS) is 15.6. The maximum Gasteiger partial charge on any atom is 0.200 e. The zero-order valence-corrected chi connectivity index (χ0v) is 19.3. The van der Waals surface area contributed by atoms with E-state index in [0.29, 0.717) is 12.0 Å². The minimum absolute atomic E-state index is 0.0515. The van der Waals surface area contributed by atoms with Gasteiger partial charge in [-0.15, -0.1) is 0 Å². The van der Waals surface area contributed by atoms with E-state index in [4.69, 9.17) is 9.47 Å². The molecular weight excluding hydrogens is 424 g/mol. The molecule has 0 spiro atoms. The molecule has 1 aliphatic heterocycles. The molecule has 1 aliphatic rings. The summed E-state index contributed by atoms with van der Waals surface area (Å²) in [4.78, 5) is 13.3. The third-order valence-electron chi connectivity index (χ3n) is 5.78. The van der Waals surface area contributed by atoms with Crippen molar-refractivity contribution >= 4 is 5.78 Å². The van der Waals surface area contributed by atoms with Gasteiger partial charge in [-0.25, -0.2) is 0 Å². The number of carbonyl (C=O) groups is 1. The first-order valence-corrected chi connectivity index (χ1v) is 10.8. The van der Waals surface area contributed by atoms with Gasteiger partial charge < -0.3 is 29.9 Å². The summed E-state index contributed by atoms with van der Waals surface area (Å²) in [7, 11) is 1.35. The van der Waals surface area contributed by atoms with E-state index in [2.05, 4.69) is 19.9 Å². The zero-order chi connectivity index (χ0) is 24.3. The lowest BCUT2D eigenvalue weighted by molar-refractivity contribution is 0.0888. The number of allylic oxidation sites excluding steroid dienone is 4. The number of phenols is 4. The summed E-state index contributed by atoms with van der Waals surface area (Å²) >= 11 is 0. The molecule has 3 rings (SSSR count). The number of Topliss-reactive ketones (excluding diaryl/α,β-unsaturated/α-hetero) is 1. The van der Waals surface area contributed by atoms with Crippen LogP contribution in [0.25, 0.3) is 0 Å². The Morgan fingerprint density at radius 3 is 2.48 bits per heavy atom. The molecule has 0 saturated carbocycles. The molecule has 33 heavy (non-hydrogen) atoms. The standard InChI is InChI=1S/C26H30O7/c1-14(2)6-5-7-15(3)8-9-17-19(27)12-20(28)22-23(29)18(13-33-26(17)22)16-10-11-21(32-4)25(31)24(16)30/h6,8,10-12,18,27-28,30-31H,5,7,9,13H2,1-4H3/b15-8+. The van der Waals surface area contributed by atoms with Gasteiger partial charge in [-0.3, -0.25) is 4.79 Å². The second kappa shape index (κ2) is 9.90. The van der Waals surface area contributed by atoms with Crippen LogP contribution < -0.4 is 9.47 Å². The van der Waals surface area contributed by atoms with Crippen LogP contribution in [0.15, 0.2) is 41.5 Å². The van der Waals surface area contributed by atoms with Crippen LogP contribution in [0.2, 0.25) is 0 Å². The molecule has 176 valence electrons. The molecule has 0 radical (unpaired) electrons. The molecule has 0 aliphatic carbocycles. The largest absolute Gasteiger partial charge is 0.507 e. The Morgan fingerprint density at radius 2 is 1.82 bits per heavy atom. The van der Waals surface area contributed by atoms with Crippen LogP contribution in [-0.2, 0) is 6.42 Å². The number of ketones is 1. The molecular formula is C26H30O7. The highest BCUT2D eigenvalue weighted by molar-refractivity contribution is 6.07. The van der Waals surface area contributed by atoms with Gasteiger partial charge in [-0.2, -0.15) is 0 Å². The molecule has 7 nitrogen and oxygen atoms in total. The lowest BCUT2D eigenvalue weighted by atomic mass is 9.86. The van der Waals surface area contributed by atoms with Gasteiger partial charge in [0.2, 0.25) is 5.75 Å². The van der Waals surface area contributed by atoms with Crippen molar-refractivity contribution in [2.24, 2.45) is 0 Å². The minimum atomic E-state index is -0.945. The molecule has 1 atom stereocenters. The SMILES string of the molecule is COc1ccc(C2COc3c(C/C=C(\C)CCC=C(C)C)c(O)cc(O)c3C2=O)c(O)c1O. The highest BCUT2D eigenvalue weighted by Gasteiger charge is 2.37. The lowest BCUT2D eigenvalue weighted by Gasteiger charge is -2.27. The smallest absolute Gasteiger partial charge is 0.200 e. The Hall–Kier alpha value is -3.61. The van der Waals surface area contributed by atoms with Gasteiger partial charge in [-0.1, -0.05) is 29.4 Å². The molecule has 0 amide bonds. The summed E-state index contributed by atoms with van der Waals surface area (Å²) in [6.07, 6.45) is 6.25. The van der Waals surface area contributed by atoms with Crippen LogP contribution in [0.5, 0.6) is 34.5 Å². The maximum atomic E-state index is 13.3. The number of fused-ring (bicyclic) bond motifs is 1. The Morgan fingerprint density at radius 1 is 1.09 bits per heavy atom. The third kappa shape index (κ3) is 4.92. The number of hydrogen-bond donors (Lipinski definition) is 4. The van der Waals surface area contributed by atoms with Gasteiger partial charge in [0.15, 0.2) is 17.3 Å². The van der Waals surface area contributed by atoms with E-state index in [0.717, 1.165) is 24.5 Å². The topological polar surface area (TPSA) is 116 Å². The predicted octanol–water partition coefficient (Wildman–Crippen LogP) is 5.11. The lowest BCUT2D eigenvalue weighted by Crippen LogP contribution is -2.27. The Balaban J connectivity index is 1.93. The third-order valence-corrected chi connectivity index (χ3v) is 5.78. The number of hydrogen-bond acceptors (Lipinski definition) is 7. The molecule has 2 aromatic rings. The summed E-state index contributed by atoms with van der Waals surface area (Å²) in [5.74, 6) is -2.72. The second-order valence-corrected chi connectivity index (χ2v) is 8.45. The average Bonchev–Trinajstić information content (AvgIpc) is 2.75. The highest BCUT2D eigenvalue weighted by Crippen LogP contribution is 2.47. The van der Waals surface area contributed by atoms with E-state index in [9.17, 15) is 25.2 Å². The van der Waals surface area contributed by atoms with Crippen molar-refractivity contribution in [1.29, 1.82) is 0 Å². The van der Waals surface area contributed by atoms with Gasteiger partial charge in [0.1, 0.15) is 29.4 Å². The molecule has 1 heterocycles. The number of benzene rings is 2. The summed E-state index contributed by atoms with van der Waals surface area (Å²) in [5.41, 5.74) is 2.91. The summed E-state index contributed by atoms with van der Waals surface area (Å²) in [6.45, 7) is 5.98. The van der Waals surface area contributed by atoms with Crippen molar-refractivity contribution in [2.75, 3.05) is 13.7 Å². The van der Waals surface area contributed by atoms with Gasteiger partial charge in [0, 0.05) is 17.2 Å². The summed E-state index contributed by atoms with van der Waals surface area (Å²) < 4.78 is 10.8. The van der Waals surface area contributed by atoms with E-state index in [1.54, 1.807) is 0 Å². The van der Waals surface area contributed by atoms with Crippen LogP contribution >= 0.6 is 0 Å². The molecule has 1 unspecified atom stereocenters. The van der Waals surface area contributed by atoms with Crippen molar-refractivity contribution in [3.63, 3.8) is 0 Å². The summed E-state index contributed by atoms with van der Waals surface area (Å²) in [5, 5.41) is 41.4.